The minimum Gasteiger partial charge on any atom is -0.412 e. The van der Waals surface area contributed by atoms with Gasteiger partial charge in [0.1, 0.15) is 0 Å². The van der Waals surface area contributed by atoms with Crippen LogP contribution in [0.2, 0.25) is 0 Å². The second-order valence-corrected chi connectivity index (χ2v) is 3.86. The molecular weight excluding hydrogens is 282 g/mol. The summed E-state index contributed by atoms with van der Waals surface area (Å²) >= 11 is 19.3. The first kappa shape index (κ1) is 97.4. The number of hydrogen-bond donors (Lipinski definition) is 0. The van der Waals surface area contributed by atoms with E-state index in [0.717, 1.165) is 0 Å². The average Bonchev–Trinajstić information content (AvgIpc) is 0.722. The fourth-order valence-electron chi connectivity index (χ4n) is 0. The molecule has 16 N–H and O–H groups in total. The lowest BCUT2D eigenvalue weighted by molar-refractivity contribution is 0.823. The summed E-state index contributed by atoms with van der Waals surface area (Å²) in [6, 6.07) is 0. The van der Waals surface area contributed by atoms with Crippen molar-refractivity contribution in [3.05, 3.63) is 0 Å². The van der Waals surface area contributed by atoms with Gasteiger partial charge in [0, 0.05) is 0 Å². The van der Waals surface area contributed by atoms with Crippen molar-refractivity contribution < 1.29 is 43.8 Å². The van der Waals surface area contributed by atoms with Crippen molar-refractivity contribution in [1.82, 2.24) is 0 Å². The molecule has 0 aliphatic carbocycles. The van der Waals surface area contributed by atoms with Crippen LogP contribution in [0, 0.1) is 0 Å². The first-order chi connectivity index (χ1) is 2.00. The van der Waals surface area contributed by atoms with Crippen molar-refractivity contribution in [3.63, 3.8) is 0 Å². The number of rotatable bonds is 0. The standard InChI is InChI=1S/CCl4.8H2O/c2-1(3,4)5;;;;;;;;/h;8*1H2. The molecule has 0 spiro atoms. The van der Waals surface area contributed by atoms with Gasteiger partial charge in [-0.2, -0.15) is 0 Å². The highest BCUT2D eigenvalue weighted by atomic mass is 35.6. The molecule has 8 nitrogen and oxygen atoms in total. The van der Waals surface area contributed by atoms with Crippen molar-refractivity contribution in [2.45, 2.75) is 3.25 Å². The summed E-state index contributed by atoms with van der Waals surface area (Å²) in [7, 11) is 0. The Kier molecular flexibility index (Phi) is 288. The van der Waals surface area contributed by atoms with Gasteiger partial charge in [-0.25, -0.2) is 0 Å². The van der Waals surface area contributed by atoms with Crippen LogP contribution in [0.5, 0.6) is 0 Å². The average molecular weight is 298 g/mol. The van der Waals surface area contributed by atoms with E-state index >= 15 is 0 Å². The van der Waals surface area contributed by atoms with Gasteiger partial charge < -0.3 is 43.8 Å². The molecular formula is CH16Cl4O8. The van der Waals surface area contributed by atoms with Crippen LogP contribution >= 0.6 is 46.4 Å². The van der Waals surface area contributed by atoms with E-state index in [2.05, 4.69) is 0 Å². The SMILES string of the molecule is ClC(Cl)(Cl)Cl.O.O.O.O.O.O.O.O. The third-order valence-corrected chi connectivity index (χ3v) is 0. The fraction of sp³-hybridized carbons (Fsp3) is 1.00. The lowest BCUT2D eigenvalue weighted by Crippen LogP contribution is -1.81. The van der Waals surface area contributed by atoms with Gasteiger partial charge in [-0.1, -0.05) is 46.4 Å². The maximum atomic E-state index is 4.83. The van der Waals surface area contributed by atoms with Crippen LogP contribution in [0.25, 0.3) is 0 Å². The Labute approximate surface area is 93.8 Å². The van der Waals surface area contributed by atoms with E-state index < -0.39 is 3.25 Å². The second kappa shape index (κ2) is 38.5. The minimum atomic E-state index is -1.61. The van der Waals surface area contributed by atoms with Crippen molar-refractivity contribution in [3.8, 4) is 0 Å². The van der Waals surface area contributed by atoms with Gasteiger partial charge in [0.05, 0.1) is 0 Å². The number of alkyl halides is 4. The zero-order valence-corrected chi connectivity index (χ0v) is 9.04. The number of hydrogen-bond acceptors (Lipinski definition) is 0. The molecule has 0 amide bonds. The molecule has 0 aromatic heterocycles. The summed E-state index contributed by atoms with van der Waals surface area (Å²) in [6.07, 6.45) is 0. The van der Waals surface area contributed by atoms with Gasteiger partial charge in [-0.05, 0) is 0 Å². The quantitative estimate of drug-likeness (QED) is 0.387. The molecule has 0 aromatic carbocycles. The topological polar surface area (TPSA) is 252 Å². The molecule has 0 saturated carbocycles. The molecule has 13 heavy (non-hydrogen) atoms. The zero-order chi connectivity index (χ0) is 4.50. The van der Waals surface area contributed by atoms with E-state index in [1.54, 1.807) is 0 Å². The van der Waals surface area contributed by atoms with E-state index in [1.165, 1.54) is 0 Å². The molecule has 0 heterocycles. The highest BCUT2D eigenvalue weighted by Gasteiger charge is 2.11. The molecule has 0 aliphatic heterocycles. The summed E-state index contributed by atoms with van der Waals surface area (Å²) in [6.45, 7) is 0. The molecule has 0 saturated heterocycles. The molecule has 0 bridgehead atoms. The Hall–Kier alpha value is 0.840. The predicted octanol–water partition coefficient (Wildman–Crippen LogP) is -4.04. The minimum absolute atomic E-state index is 0. The zero-order valence-electron chi connectivity index (χ0n) is 6.01. The van der Waals surface area contributed by atoms with Crippen molar-refractivity contribution in [1.29, 1.82) is 0 Å². The summed E-state index contributed by atoms with van der Waals surface area (Å²) in [5, 5.41) is 0. The van der Waals surface area contributed by atoms with E-state index in [0.29, 0.717) is 0 Å². The smallest absolute Gasteiger partial charge is 0.266 e. The number of halogens is 4. The van der Waals surface area contributed by atoms with E-state index in [9.17, 15) is 0 Å². The highest BCUT2D eigenvalue weighted by Crippen LogP contribution is 2.29. The molecule has 0 fully saturated rings. The van der Waals surface area contributed by atoms with Gasteiger partial charge in [0.25, 0.3) is 3.25 Å². The van der Waals surface area contributed by atoms with E-state index in [-0.39, 0.29) is 43.8 Å². The third kappa shape index (κ3) is 2140. The largest absolute Gasteiger partial charge is 0.412 e. The maximum Gasteiger partial charge on any atom is 0.266 e. The first-order valence-electron chi connectivity index (χ1n) is 0.756. The van der Waals surface area contributed by atoms with Crippen LogP contribution in [0.1, 0.15) is 0 Å². The third-order valence-electron chi connectivity index (χ3n) is 0. The first-order valence-corrected chi connectivity index (χ1v) is 2.27. The lowest BCUT2D eigenvalue weighted by atomic mass is 11.8. The van der Waals surface area contributed by atoms with Crippen molar-refractivity contribution >= 4 is 46.4 Å². The predicted molar refractivity (Wildman–Crippen MR) is 55.1 cm³/mol. The van der Waals surface area contributed by atoms with E-state index in [1.807, 2.05) is 0 Å². The van der Waals surface area contributed by atoms with Gasteiger partial charge in [0.2, 0.25) is 0 Å². The monoisotopic (exact) mass is 296 g/mol. The van der Waals surface area contributed by atoms with Gasteiger partial charge >= 0.3 is 0 Å². The van der Waals surface area contributed by atoms with Crippen LogP contribution in [-0.2, 0) is 0 Å². The molecule has 0 radical (unpaired) electrons. The van der Waals surface area contributed by atoms with Crippen LogP contribution in [0.3, 0.4) is 0 Å². The highest BCUT2D eigenvalue weighted by molar-refractivity contribution is 6.83. The molecule has 12 heteroatoms. The Morgan fingerprint density at radius 1 is 0.385 bits per heavy atom. The Morgan fingerprint density at radius 3 is 0.385 bits per heavy atom. The van der Waals surface area contributed by atoms with Crippen LogP contribution in [0.4, 0.5) is 0 Å². The Morgan fingerprint density at radius 2 is 0.385 bits per heavy atom. The molecule has 0 aromatic rings. The van der Waals surface area contributed by atoms with Crippen LogP contribution in [-0.4, -0.2) is 47.1 Å². The van der Waals surface area contributed by atoms with Crippen molar-refractivity contribution in [2.75, 3.05) is 0 Å². The second-order valence-electron chi connectivity index (χ2n) is 0.429. The molecule has 96 valence electrons. The molecule has 0 aliphatic rings. The molecule has 0 unspecified atom stereocenters. The fourth-order valence-corrected chi connectivity index (χ4v) is 0. The summed E-state index contributed by atoms with van der Waals surface area (Å²) in [5.41, 5.74) is 0. The lowest BCUT2D eigenvalue weighted by Gasteiger charge is -1.91. The van der Waals surface area contributed by atoms with Gasteiger partial charge in [0.15, 0.2) is 0 Å². The summed E-state index contributed by atoms with van der Waals surface area (Å²) in [4.78, 5) is 0. The Balaban J connectivity index is -0.00000000286. The van der Waals surface area contributed by atoms with Gasteiger partial charge in [-0.15, -0.1) is 0 Å². The van der Waals surface area contributed by atoms with Gasteiger partial charge in [-0.3, -0.25) is 0 Å². The molecule has 0 atom stereocenters. The summed E-state index contributed by atoms with van der Waals surface area (Å²) < 4.78 is -1.61. The Bertz CT molecular complexity index is 31.6. The normalized spacial score (nSPS) is 4.62. The van der Waals surface area contributed by atoms with E-state index in [4.69, 9.17) is 46.4 Å². The summed E-state index contributed by atoms with van der Waals surface area (Å²) in [5.74, 6) is 0. The maximum absolute atomic E-state index is 4.83. The van der Waals surface area contributed by atoms with Crippen molar-refractivity contribution in [2.24, 2.45) is 0 Å². The van der Waals surface area contributed by atoms with Crippen LogP contribution < -0.4 is 0 Å². The van der Waals surface area contributed by atoms with Crippen LogP contribution in [0.15, 0.2) is 0 Å². The molecule has 0 rings (SSSR count).